The molecule has 0 bridgehead atoms. The van der Waals surface area contributed by atoms with Crippen LogP contribution in [0.15, 0.2) is 18.2 Å². The molecule has 0 saturated heterocycles. The van der Waals surface area contributed by atoms with Gasteiger partial charge in [-0.25, -0.2) is 4.39 Å². The lowest BCUT2D eigenvalue weighted by Crippen LogP contribution is -2.59. The number of benzene rings is 1. The van der Waals surface area contributed by atoms with E-state index in [0.717, 1.165) is 31.4 Å². The predicted octanol–water partition coefficient (Wildman–Crippen LogP) is 2.55. The highest BCUT2D eigenvalue weighted by Gasteiger charge is 2.40. The monoisotopic (exact) mass is 397 g/mol. The molecule has 1 fully saturated rings. The molecule has 8 heteroatoms. The highest BCUT2D eigenvalue weighted by atomic mass is 35.5. The van der Waals surface area contributed by atoms with Crippen LogP contribution in [0.3, 0.4) is 0 Å². The molecular formula is C19H25ClFN3O3. The molecule has 3 N–H and O–H groups in total. The second-order valence-electron chi connectivity index (χ2n) is 6.68. The van der Waals surface area contributed by atoms with Gasteiger partial charge in [-0.1, -0.05) is 30.9 Å². The molecular weight excluding hydrogens is 373 g/mol. The number of likely N-dealkylation sites (N-methyl/N-ethyl adjacent to an activating group) is 1. The first kappa shape index (κ1) is 21.2. The van der Waals surface area contributed by atoms with Crippen molar-refractivity contribution in [1.29, 1.82) is 0 Å². The lowest BCUT2D eigenvalue weighted by molar-refractivity contribution is -0.135. The molecule has 0 unspecified atom stereocenters. The van der Waals surface area contributed by atoms with Crippen LogP contribution in [0, 0.1) is 5.82 Å². The Balaban J connectivity index is 1.88. The third-order valence-electron chi connectivity index (χ3n) is 4.67. The van der Waals surface area contributed by atoms with Gasteiger partial charge < -0.3 is 16.0 Å². The van der Waals surface area contributed by atoms with Crippen molar-refractivity contribution >= 4 is 29.3 Å². The molecule has 3 amide bonds. The number of nitrogens with one attached hydrogen (secondary N) is 3. The molecule has 0 heterocycles. The lowest BCUT2D eigenvalue weighted by atomic mass is 9.80. The minimum absolute atomic E-state index is 0.00865. The number of halogens is 2. The summed E-state index contributed by atoms with van der Waals surface area (Å²) < 4.78 is 13.0. The van der Waals surface area contributed by atoms with Gasteiger partial charge in [0.05, 0.1) is 10.6 Å². The molecule has 1 aromatic rings. The average molecular weight is 398 g/mol. The van der Waals surface area contributed by atoms with Gasteiger partial charge in [0.15, 0.2) is 0 Å². The molecule has 148 valence electrons. The number of rotatable bonds is 7. The van der Waals surface area contributed by atoms with Gasteiger partial charge >= 0.3 is 0 Å². The van der Waals surface area contributed by atoms with E-state index in [1.54, 1.807) is 0 Å². The van der Waals surface area contributed by atoms with E-state index in [1.165, 1.54) is 6.07 Å². The maximum atomic E-state index is 13.0. The number of hydrogen-bond acceptors (Lipinski definition) is 3. The van der Waals surface area contributed by atoms with Crippen LogP contribution in [0.25, 0.3) is 0 Å². The molecule has 1 aromatic carbocycles. The van der Waals surface area contributed by atoms with Crippen molar-refractivity contribution in [2.45, 2.75) is 51.0 Å². The number of hydrogen-bond donors (Lipinski definition) is 3. The Kier molecular flexibility index (Phi) is 7.59. The summed E-state index contributed by atoms with van der Waals surface area (Å²) in [6.07, 6.45) is 4.08. The van der Waals surface area contributed by atoms with Gasteiger partial charge in [0.1, 0.15) is 11.4 Å². The highest BCUT2D eigenvalue weighted by Crippen LogP contribution is 2.28. The van der Waals surface area contributed by atoms with Crippen molar-refractivity contribution in [2.24, 2.45) is 0 Å². The second-order valence-corrected chi connectivity index (χ2v) is 7.09. The fourth-order valence-electron chi connectivity index (χ4n) is 3.28. The minimum atomic E-state index is -0.865. The van der Waals surface area contributed by atoms with E-state index >= 15 is 0 Å². The quantitative estimate of drug-likeness (QED) is 0.660. The van der Waals surface area contributed by atoms with E-state index in [-0.39, 0.29) is 35.4 Å². The van der Waals surface area contributed by atoms with E-state index in [2.05, 4.69) is 16.0 Å². The number of carbonyl (C=O) groups is 3. The highest BCUT2D eigenvalue weighted by molar-refractivity contribution is 6.33. The Morgan fingerprint density at radius 1 is 1.15 bits per heavy atom. The Hall–Kier alpha value is -2.15. The van der Waals surface area contributed by atoms with Crippen LogP contribution >= 0.6 is 11.6 Å². The van der Waals surface area contributed by atoms with Crippen LogP contribution in [-0.2, 0) is 9.59 Å². The molecule has 0 aromatic heterocycles. The third kappa shape index (κ3) is 5.66. The van der Waals surface area contributed by atoms with Gasteiger partial charge in [0, 0.05) is 19.5 Å². The molecule has 1 aliphatic rings. The largest absolute Gasteiger partial charge is 0.354 e. The SMILES string of the molecule is CCNC(=O)C1(NC(=O)CCNC(=O)c2ccc(F)cc2Cl)CCCCC1. The Labute approximate surface area is 163 Å². The van der Waals surface area contributed by atoms with Crippen molar-refractivity contribution in [3.63, 3.8) is 0 Å². The zero-order valence-corrected chi connectivity index (χ0v) is 16.1. The summed E-state index contributed by atoms with van der Waals surface area (Å²) in [5.41, 5.74) is -0.722. The molecule has 1 aliphatic carbocycles. The van der Waals surface area contributed by atoms with E-state index in [9.17, 15) is 18.8 Å². The molecule has 6 nitrogen and oxygen atoms in total. The fourth-order valence-corrected chi connectivity index (χ4v) is 3.53. The van der Waals surface area contributed by atoms with Gasteiger partial charge in [-0.05, 0) is 38.0 Å². The van der Waals surface area contributed by atoms with Crippen molar-refractivity contribution in [2.75, 3.05) is 13.1 Å². The lowest BCUT2D eigenvalue weighted by Gasteiger charge is -2.36. The first-order valence-electron chi connectivity index (χ1n) is 9.20. The van der Waals surface area contributed by atoms with Crippen molar-refractivity contribution in [3.05, 3.63) is 34.6 Å². The number of amides is 3. The van der Waals surface area contributed by atoms with E-state index in [4.69, 9.17) is 11.6 Å². The van der Waals surface area contributed by atoms with Gasteiger partial charge in [0.2, 0.25) is 11.8 Å². The van der Waals surface area contributed by atoms with E-state index in [1.807, 2.05) is 6.92 Å². The standard InChI is InChI=1S/C19H25ClFN3O3/c1-2-22-18(27)19(9-4-3-5-10-19)24-16(25)8-11-23-17(26)14-7-6-13(21)12-15(14)20/h6-7,12H,2-5,8-11H2,1H3,(H,22,27)(H,23,26)(H,24,25). The number of carbonyl (C=O) groups excluding carboxylic acids is 3. The predicted molar refractivity (Wildman–Crippen MR) is 101 cm³/mol. The molecule has 0 aliphatic heterocycles. The summed E-state index contributed by atoms with van der Waals surface area (Å²) in [7, 11) is 0. The van der Waals surface area contributed by atoms with Crippen LogP contribution < -0.4 is 16.0 Å². The minimum Gasteiger partial charge on any atom is -0.354 e. The zero-order chi connectivity index (χ0) is 19.9. The van der Waals surface area contributed by atoms with Gasteiger partial charge in [-0.2, -0.15) is 0 Å². The van der Waals surface area contributed by atoms with E-state index < -0.39 is 17.3 Å². The smallest absolute Gasteiger partial charge is 0.252 e. The summed E-state index contributed by atoms with van der Waals surface area (Å²) in [5, 5.41) is 8.27. The third-order valence-corrected chi connectivity index (χ3v) is 4.98. The molecule has 0 radical (unpaired) electrons. The molecule has 27 heavy (non-hydrogen) atoms. The maximum Gasteiger partial charge on any atom is 0.252 e. The van der Waals surface area contributed by atoms with Crippen LogP contribution in [-0.4, -0.2) is 36.3 Å². The van der Waals surface area contributed by atoms with Crippen molar-refractivity contribution in [3.8, 4) is 0 Å². The Morgan fingerprint density at radius 3 is 2.48 bits per heavy atom. The van der Waals surface area contributed by atoms with E-state index in [0.29, 0.717) is 19.4 Å². The summed E-state index contributed by atoms with van der Waals surface area (Å²) in [4.78, 5) is 36.9. The maximum absolute atomic E-state index is 13.0. The van der Waals surface area contributed by atoms with Gasteiger partial charge in [0.25, 0.3) is 5.91 Å². The average Bonchev–Trinajstić information content (AvgIpc) is 2.62. The van der Waals surface area contributed by atoms with Crippen molar-refractivity contribution in [1.82, 2.24) is 16.0 Å². The van der Waals surface area contributed by atoms with Crippen LogP contribution in [0.4, 0.5) is 4.39 Å². The fraction of sp³-hybridized carbons (Fsp3) is 0.526. The Bertz CT molecular complexity index is 705. The molecule has 2 rings (SSSR count). The van der Waals surface area contributed by atoms with Crippen LogP contribution in [0.1, 0.15) is 55.8 Å². The Morgan fingerprint density at radius 2 is 1.85 bits per heavy atom. The zero-order valence-electron chi connectivity index (χ0n) is 15.4. The summed E-state index contributed by atoms with van der Waals surface area (Å²) in [6.45, 7) is 2.43. The van der Waals surface area contributed by atoms with Crippen LogP contribution in [0.5, 0.6) is 0 Å². The summed E-state index contributed by atoms with van der Waals surface area (Å²) in [6, 6.07) is 3.49. The molecule has 0 atom stereocenters. The molecule has 0 spiro atoms. The van der Waals surface area contributed by atoms with Gasteiger partial charge in [-0.15, -0.1) is 0 Å². The summed E-state index contributed by atoms with van der Waals surface area (Å²) >= 11 is 5.85. The normalized spacial score (nSPS) is 15.7. The summed E-state index contributed by atoms with van der Waals surface area (Å²) in [5.74, 6) is -1.46. The van der Waals surface area contributed by atoms with Crippen LogP contribution in [0.2, 0.25) is 5.02 Å². The van der Waals surface area contributed by atoms with Crippen molar-refractivity contribution < 1.29 is 18.8 Å². The van der Waals surface area contributed by atoms with Gasteiger partial charge in [-0.3, -0.25) is 14.4 Å². The first-order chi connectivity index (χ1) is 12.9. The topological polar surface area (TPSA) is 87.3 Å². The first-order valence-corrected chi connectivity index (χ1v) is 9.58. The molecule has 1 saturated carbocycles. The second kappa shape index (κ2) is 9.69.